The summed E-state index contributed by atoms with van der Waals surface area (Å²) in [5, 5.41) is 3.05. The molecule has 0 radical (unpaired) electrons. The van der Waals surface area contributed by atoms with Crippen LogP contribution in [-0.2, 0) is 4.79 Å². The molecule has 1 aromatic rings. The second-order valence-electron chi connectivity index (χ2n) is 5.61. The topological polar surface area (TPSA) is 64.3 Å². The summed E-state index contributed by atoms with van der Waals surface area (Å²) in [6.07, 6.45) is 3.28. The maximum atomic E-state index is 12.0. The number of nitrogens with two attached hydrogens (primary N) is 1. The van der Waals surface area contributed by atoms with E-state index in [0.29, 0.717) is 12.5 Å². The van der Waals surface area contributed by atoms with Gasteiger partial charge in [-0.2, -0.15) is 0 Å². The molecule has 1 aliphatic rings. The van der Waals surface area contributed by atoms with Gasteiger partial charge in [-0.15, -0.1) is 0 Å². The molecule has 1 fully saturated rings. The molecule has 1 amide bonds. The van der Waals surface area contributed by atoms with Gasteiger partial charge in [-0.05, 0) is 50.3 Å². The van der Waals surface area contributed by atoms with E-state index in [2.05, 4.69) is 5.32 Å². The molecule has 1 aliphatic carbocycles. The van der Waals surface area contributed by atoms with Crippen LogP contribution in [-0.4, -0.2) is 25.1 Å². The van der Waals surface area contributed by atoms with Crippen molar-refractivity contribution in [2.24, 2.45) is 11.7 Å². The molecule has 2 atom stereocenters. The van der Waals surface area contributed by atoms with E-state index in [-0.39, 0.29) is 18.6 Å². The number of hydrogen-bond acceptors (Lipinski definition) is 3. The largest absolute Gasteiger partial charge is 0.483 e. The Kier molecular flexibility index (Phi) is 5.01. The van der Waals surface area contributed by atoms with Gasteiger partial charge in [-0.1, -0.05) is 24.6 Å². The molecule has 110 valence electrons. The summed E-state index contributed by atoms with van der Waals surface area (Å²) in [5.41, 5.74) is 7.83. The van der Waals surface area contributed by atoms with E-state index in [1.54, 1.807) is 0 Å². The lowest BCUT2D eigenvalue weighted by molar-refractivity contribution is -0.124. The fraction of sp³-hybridized carbons (Fsp3) is 0.562. The fourth-order valence-corrected chi connectivity index (χ4v) is 2.92. The lowest BCUT2D eigenvalue weighted by Gasteiger charge is -2.20. The fourth-order valence-electron chi connectivity index (χ4n) is 2.92. The Morgan fingerprint density at radius 3 is 2.70 bits per heavy atom. The normalized spacial score (nSPS) is 21.8. The average molecular weight is 276 g/mol. The lowest BCUT2D eigenvalue weighted by atomic mass is 10.0. The van der Waals surface area contributed by atoms with Crippen LogP contribution in [0.5, 0.6) is 5.75 Å². The highest BCUT2D eigenvalue weighted by Crippen LogP contribution is 2.25. The van der Waals surface area contributed by atoms with Gasteiger partial charge in [0, 0.05) is 6.04 Å². The summed E-state index contributed by atoms with van der Waals surface area (Å²) in [6.45, 7) is 4.69. The predicted molar refractivity (Wildman–Crippen MR) is 79.7 cm³/mol. The maximum Gasteiger partial charge on any atom is 0.258 e. The van der Waals surface area contributed by atoms with Crippen LogP contribution in [0.25, 0.3) is 0 Å². The number of carbonyl (C=O) groups excluding carboxylic acids is 1. The molecule has 2 rings (SSSR count). The predicted octanol–water partition coefficient (Wildman–Crippen LogP) is 1.93. The second-order valence-corrected chi connectivity index (χ2v) is 5.61. The molecule has 3 N–H and O–H groups in total. The van der Waals surface area contributed by atoms with Gasteiger partial charge >= 0.3 is 0 Å². The molecular weight excluding hydrogens is 252 g/mol. The van der Waals surface area contributed by atoms with E-state index in [9.17, 15) is 4.79 Å². The Morgan fingerprint density at radius 2 is 2.05 bits per heavy atom. The number of nitrogens with one attached hydrogen (secondary N) is 1. The van der Waals surface area contributed by atoms with Crippen molar-refractivity contribution in [1.29, 1.82) is 0 Å². The highest BCUT2D eigenvalue weighted by atomic mass is 16.5. The first-order valence-electron chi connectivity index (χ1n) is 7.30. The quantitative estimate of drug-likeness (QED) is 0.863. The third-order valence-corrected chi connectivity index (χ3v) is 4.06. The first kappa shape index (κ1) is 14.9. The van der Waals surface area contributed by atoms with E-state index >= 15 is 0 Å². The third-order valence-electron chi connectivity index (χ3n) is 4.06. The van der Waals surface area contributed by atoms with Crippen LogP contribution in [0.3, 0.4) is 0 Å². The van der Waals surface area contributed by atoms with Crippen molar-refractivity contribution in [3.8, 4) is 5.75 Å². The van der Waals surface area contributed by atoms with Gasteiger partial charge in [0.2, 0.25) is 0 Å². The number of hydrogen-bond donors (Lipinski definition) is 2. The van der Waals surface area contributed by atoms with Crippen LogP contribution in [0.4, 0.5) is 0 Å². The van der Waals surface area contributed by atoms with E-state index < -0.39 is 0 Å². The molecule has 4 heteroatoms. The summed E-state index contributed by atoms with van der Waals surface area (Å²) in [7, 11) is 0. The standard InChI is InChI=1S/C16H24N2O2/c1-11-5-3-6-12(2)16(11)20-10-15(19)18-14-8-4-7-13(14)9-17/h3,5-6,13-14H,4,7-10,17H2,1-2H3,(H,18,19). The zero-order valence-electron chi connectivity index (χ0n) is 12.3. The molecule has 1 aromatic carbocycles. The summed E-state index contributed by atoms with van der Waals surface area (Å²) < 4.78 is 5.67. The lowest BCUT2D eigenvalue weighted by Crippen LogP contribution is -2.42. The van der Waals surface area contributed by atoms with Crippen LogP contribution in [0.15, 0.2) is 18.2 Å². The van der Waals surface area contributed by atoms with Crippen molar-refractivity contribution in [1.82, 2.24) is 5.32 Å². The zero-order valence-corrected chi connectivity index (χ0v) is 12.3. The number of aryl methyl sites for hydroxylation is 2. The Bertz CT molecular complexity index is 453. The zero-order chi connectivity index (χ0) is 14.5. The van der Waals surface area contributed by atoms with Crippen LogP contribution in [0, 0.1) is 19.8 Å². The Balaban J connectivity index is 1.86. The summed E-state index contributed by atoms with van der Waals surface area (Å²) in [6, 6.07) is 6.18. The van der Waals surface area contributed by atoms with Crippen molar-refractivity contribution >= 4 is 5.91 Å². The Labute approximate surface area is 120 Å². The minimum absolute atomic E-state index is 0.0574. The molecule has 1 saturated carbocycles. The number of ether oxygens (including phenoxy) is 1. The van der Waals surface area contributed by atoms with Crippen molar-refractivity contribution in [2.45, 2.75) is 39.2 Å². The van der Waals surface area contributed by atoms with Gasteiger partial charge in [0.05, 0.1) is 0 Å². The van der Waals surface area contributed by atoms with Crippen LogP contribution in [0.1, 0.15) is 30.4 Å². The summed E-state index contributed by atoms with van der Waals surface area (Å²) >= 11 is 0. The van der Waals surface area contributed by atoms with Gasteiger partial charge in [0.15, 0.2) is 6.61 Å². The molecule has 2 unspecified atom stereocenters. The van der Waals surface area contributed by atoms with Crippen molar-refractivity contribution < 1.29 is 9.53 Å². The summed E-state index contributed by atoms with van der Waals surface area (Å²) in [5.74, 6) is 1.17. The monoisotopic (exact) mass is 276 g/mol. The van der Waals surface area contributed by atoms with Crippen molar-refractivity contribution in [3.05, 3.63) is 29.3 Å². The molecule has 0 spiro atoms. The van der Waals surface area contributed by atoms with Crippen LogP contribution in [0.2, 0.25) is 0 Å². The van der Waals surface area contributed by atoms with Crippen molar-refractivity contribution in [3.63, 3.8) is 0 Å². The first-order valence-corrected chi connectivity index (χ1v) is 7.30. The third kappa shape index (κ3) is 3.51. The average Bonchev–Trinajstić information content (AvgIpc) is 2.85. The molecule has 20 heavy (non-hydrogen) atoms. The van der Waals surface area contributed by atoms with E-state index in [1.807, 2.05) is 32.0 Å². The van der Waals surface area contributed by atoms with Gasteiger partial charge in [-0.3, -0.25) is 4.79 Å². The molecule has 0 aliphatic heterocycles. The van der Waals surface area contributed by atoms with E-state index in [1.165, 1.54) is 0 Å². The molecule has 4 nitrogen and oxygen atoms in total. The number of amides is 1. The van der Waals surface area contributed by atoms with Gasteiger partial charge < -0.3 is 15.8 Å². The van der Waals surface area contributed by atoms with Crippen LogP contribution < -0.4 is 15.8 Å². The smallest absolute Gasteiger partial charge is 0.258 e. The van der Waals surface area contributed by atoms with E-state index in [4.69, 9.17) is 10.5 Å². The minimum Gasteiger partial charge on any atom is -0.483 e. The molecule has 0 heterocycles. The number of benzene rings is 1. The summed E-state index contributed by atoms with van der Waals surface area (Å²) in [4.78, 5) is 12.0. The highest BCUT2D eigenvalue weighted by Gasteiger charge is 2.27. The Morgan fingerprint density at radius 1 is 1.35 bits per heavy atom. The number of rotatable bonds is 5. The van der Waals surface area contributed by atoms with Crippen molar-refractivity contribution in [2.75, 3.05) is 13.2 Å². The molecule has 0 bridgehead atoms. The van der Waals surface area contributed by atoms with Gasteiger partial charge in [0.25, 0.3) is 5.91 Å². The molecule has 0 aromatic heterocycles. The number of para-hydroxylation sites is 1. The maximum absolute atomic E-state index is 12.0. The highest BCUT2D eigenvalue weighted by molar-refractivity contribution is 5.78. The molecular formula is C16H24N2O2. The van der Waals surface area contributed by atoms with Gasteiger partial charge in [-0.25, -0.2) is 0 Å². The second kappa shape index (κ2) is 6.75. The van der Waals surface area contributed by atoms with Crippen LogP contribution >= 0.6 is 0 Å². The number of carbonyl (C=O) groups is 1. The Hall–Kier alpha value is -1.55. The van der Waals surface area contributed by atoms with Gasteiger partial charge in [0.1, 0.15) is 5.75 Å². The minimum atomic E-state index is -0.0574. The molecule has 0 saturated heterocycles. The first-order chi connectivity index (χ1) is 9.61. The van der Waals surface area contributed by atoms with E-state index in [0.717, 1.165) is 36.1 Å². The SMILES string of the molecule is Cc1cccc(C)c1OCC(=O)NC1CCCC1CN.